The lowest BCUT2D eigenvalue weighted by atomic mass is 10.2. The van der Waals surface area contributed by atoms with E-state index < -0.39 is 12.0 Å². The van der Waals surface area contributed by atoms with Crippen molar-refractivity contribution < 1.29 is 9.90 Å². The van der Waals surface area contributed by atoms with E-state index in [1.54, 1.807) is 7.05 Å². The molecule has 1 aromatic rings. The van der Waals surface area contributed by atoms with Crippen LogP contribution in [0.3, 0.4) is 0 Å². The highest BCUT2D eigenvalue weighted by atomic mass is 32.2. The number of aryl methyl sites for hydroxylation is 2. The van der Waals surface area contributed by atoms with Crippen molar-refractivity contribution in [2.75, 3.05) is 12.8 Å². The summed E-state index contributed by atoms with van der Waals surface area (Å²) in [5, 5.41) is 12.3. The Labute approximate surface area is 105 Å². The van der Waals surface area contributed by atoms with Gasteiger partial charge in [0.2, 0.25) is 0 Å². The highest BCUT2D eigenvalue weighted by molar-refractivity contribution is 7.99. The van der Waals surface area contributed by atoms with E-state index in [1.807, 2.05) is 19.9 Å². The molecule has 1 aromatic heterocycles. The van der Waals surface area contributed by atoms with Gasteiger partial charge in [0, 0.05) is 17.1 Å². The quantitative estimate of drug-likeness (QED) is 0.588. The maximum Gasteiger partial charge on any atom is 0.320 e. The number of nitrogens with zero attached hydrogens (tertiary/aromatic N) is 2. The van der Waals surface area contributed by atoms with Crippen molar-refractivity contribution in [2.45, 2.75) is 31.5 Å². The van der Waals surface area contributed by atoms with Gasteiger partial charge in [-0.25, -0.2) is 9.97 Å². The zero-order valence-electron chi connectivity index (χ0n) is 10.2. The fraction of sp³-hybridized carbons (Fsp3) is 0.545. The summed E-state index contributed by atoms with van der Waals surface area (Å²) in [4.78, 5) is 19.3. The number of carboxylic acid groups (broad SMARTS) is 1. The molecule has 1 atom stereocenters. The van der Waals surface area contributed by atoms with E-state index in [-0.39, 0.29) is 0 Å². The standard InChI is InChI=1S/C11H17N3O2S/c1-7-6-8(2)14-11(13-7)17-5-4-9(12-3)10(15)16/h6,9,12H,4-5H2,1-3H3,(H,15,16). The van der Waals surface area contributed by atoms with Gasteiger partial charge >= 0.3 is 5.97 Å². The van der Waals surface area contributed by atoms with E-state index in [0.29, 0.717) is 17.3 Å². The predicted molar refractivity (Wildman–Crippen MR) is 67.3 cm³/mol. The molecule has 0 saturated heterocycles. The maximum absolute atomic E-state index is 10.8. The molecule has 5 nitrogen and oxygen atoms in total. The molecule has 2 N–H and O–H groups in total. The second-order valence-corrected chi connectivity index (χ2v) is 4.81. The molecular formula is C11H17N3O2S. The number of hydrogen-bond acceptors (Lipinski definition) is 5. The van der Waals surface area contributed by atoms with E-state index in [1.165, 1.54) is 11.8 Å². The summed E-state index contributed by atoms with van der Waals surface area (Å²) < 4.78 is 0. The van der Waals surface area contributed by atoms with Gasteiger partial charge in [0.15, 0.2) is 5.16 Å². The molecule has 94 valence electrons. The number of aliphatic carboxylic acids is 1. The fourth-order valence-corrected chi connectivity index (χ4v) is 2.37. The van der Waals surface area contributed by atoms with E-state index in [9.17, 15) is 4.79 Å². The van der Waals surface area contributed by atoms with Gasteiger partial charge in [-0.05, 0) is 33.4 Å². The number of hydrogen-bond donors (Lipinski definition) is 2. The Kier molecular flexibility index (Phi) is 5.37. The van der Waals surface area contributed by atoms with Gasteiger partial charge in [-0.15, -0.1) is 0 Å². The molecule has 0 bridgehead atoms. The Balaban J connectivity index is 2.47. The molecule has 0 aromatic carbocycles. The number of rotatable bonds is 6. The number of aromatic nitrogens is 2. The monoisotopic (exact) mass is 255 g/mol. The lowest BCUT2D eigenvalue weighted by Gasteiger charge is -2.10. The number of nitrogens with one attached hydrogen (secondary N) is 1. The van der Waals surface area contributed by atoms with Gasteiger partial charge in [0.05, 0.1) is 0 Å². The lowest BCUT2D eigenvalue weighted by Crippen LogP contribution is -2.34. The van der Waals surface area contributed by atoms with Crippen molar-refractivity contribution in [2.24, 2.45) is 0 Å². The first-order valence-corrected chi connectivity index (χ1v) is 6.36. The SMILES string of the molecule is CNC(CCSc1nc(C)cc(C)n1)C(=O)O. The molecule has 0 radical (unpaired) electrons. The van der Waals surface area contributed by atoms with Crippen LogP contribution in [-0.4, -0.2) is 39.9 Å². The zero-order valence-corrected chi connectivity index (χ0v) is 11.0. The zero-order chi connectivity index (χ0) is 12.8. The molecule has 6 heteroatoms. The van der Waals surface area contributed by atoms with Gasteiger partial charge in [0.25, 0.3) is 0 Å². The van der Waals surface area contributed by atoms with Crippen molar-refractivity contribution in [3.8, 4) is 0 Å². The minimum atomic E-state index is -0.825. The number of carbonyl (C=O) groups is 1. The smallest absolute Gasteiger partial charge is 0.320 e. The number of carboxylic acids is 1. The van der Waals surface area contributed by atoms with Crippen molar-refractivity contribution in [3.63, 3.8) is 0 Å². The molecule has 0 spiro atoms. The first-order chi connectivity index (χ1) is 8.02. The summed E-state index contributed by atoms with van der Waals surface area (Å²) >= 11 is 1.48. The van der Waals surface area contributed by atoms with Crippen molar-refractivity contribution in [1.82, 2.24) is 15.3 Å². The maximum atomic E-state index is 10.8. The molecule has 0 aliphatic rings. The van der Waals surface area contributed by atoms with Crippen molar-refractivity contribution in [3.05, 3.63) is 17.5 Å². The van der Waals surface area contributed by atoms with Crippen molar-refractivity contribution >= 4 is 17.7 Å². The normalized spacial score (nSPS) is 12.4. The van der Waals surface area contributed by atoms with Crippen LogP contribution in [0.4, 0.5) is 0 Å². The Bertz CT molecular complexity index is 378. The molecule has 0 amide bonds. The summed E-state index contributed by atoms with van der Waals surface area (Å²) in [6.45, 7) is 3.85. The summed E-state index contributed by atoms with van der Waals surface area (Å²) in [5.41, 5.74) is 1.87. The van der Waals surface area contributed by atoms with Gasteiger partial charge in [-0.3, -0.25) is 4.79 Å². The third-order valence-electron chi connectivity index (χ3n) is 2.25. The van der Waals surface area contributed by atoms with Crippen LogP contribution in [0.5, 0.6) is 0 Å². The predicted octanol–water partition coefficient (Wildman–Crippen LogP) is 1.25. The summed E-state index contributed by atoms with van der Waals surface area (Å²) in [5.74, 6) is -0.143. The first kappa shape index (κ1) is 13.9. The van der Waals surface area contributed by atoms with Crippen LogP contribution in [-0.2, 0) is 4.79 Å². The molecule has 0 saturated carbocycles. The summed E-state index contributed by atoms with van der Waals surface area (Å²) in [6, 6.07) is 1.41. The topological polar surface area (TPSA) is 75.1 Å². The molecule has 1 heterocycles. The highest BCUT2D eigenvalue weighted by Crippen LogP contribution is 2.15. The number of likely N-dealkylation sites (N-methyl/N-ethyl adjacent to an activating group) is 1. The average molecular weight is 255 g/mol. The largest absolute Gasteiger partial charge is 0.480 e. The highest BCUT2D eigenvalue weighted by Gasteiger charge is 2.14. The van der Waals surface area contributed by atoms with Gasteiger partial charge in [-0.2, -0.15) is 0 Å². The van der Waals surface area contributed by atoms with Crippen LogP contribution in [0.15, 0.2) is 11.2 Å². The first-order valence-electron chi connectivity index (χ1n) is 5.38. The third kappa shape index (κ3) is 4.70. The van der Waals surface area contributed by atoms with E-state index >= 15 is 0 Å². The Morgan fingerprint density at radius 2 is 2.06 bits per heavy atom. The van der Waals surface area contributed by atoms with E-state index in [0.717, 1.165) is 11.4 Å². The van der Waals surface area contributed by atoms with Gasteiger partial charge < -0.3 is 10.4 Å². The van der Waals surface area contributed by atoms with Gasteiger partial charge in [0.1, 0.15) is 6.04 Å². The lowest BCUT2D eigenvalue weighted by molar-refractivity contribution is -0.139. The second kappa shape index (κ2) is 6.56. The molecule has 1 unspecified atom stereocenters. The van der Waals surface area contributed by atoms with Crippen molar-refractivity contribution in [1.29, 1.82) is 0 Å². The van der Waals surface area contributed by atoms with Crippen LogP contribution in [0.1, 0.15) is 17.8 Å². The van der Waals surface area contributed by atoms with Crippen LogP contribution in [0.2, 0.25) is 0 Å². The Hall–Kier alpha value is -1.14. The average Bonchev–Trinajstić information content (AvgIpc) is 2.22. The summed E-state index contributed by atoms with van der Waals surface area (Å²) in [7, 11) is 1.65. The molecule has 0 fully saturated rings. The molecule has 17 heavy (non-hydrogen) atoms. The molecule has 0 aliphatic heterocycles. The van der Waals surface area contributed by atoms with Crippen LogP contribution >= 0.6 is 11.8 Å². The number of thioether (sulfide) groups is 1. The molecular weight excluding hydrogens is 238 g/mol. The molecule has 1 rings (SSSR count). The minimum Gasteiger partial charge on any atom is -0.480 e. The van der Waals surface area contributed by atoms with Gasteiger partial charge in [-0.1, -0.05) is 11.8 Å². The summed E-state index contributed by atoms with van der Waals surface area (Å²) in [6.07, 6.45) is 0.548. The van der Waals surface area contributed by atoms with E-state index in [4.69, 9.17) is 5.11 Å². The van der Waals surface area contributed by atoms with Crippen LogP contribution < -0.4 is 5.32 Å². The Morgan fingerprint density at radius 3 is 2.53 bits per heavy atom. The second-order valence-electron chi connectivity index (χ2n) is 3.75. The third-order valence-corrected chi connectivity index (χ3v) is 3.13. The molecule has 0 aliphatic carbocycles. The van der Waals surface area contributed by atoms with Crippen LogP contribution in [0, 0.1) is 13.8 Å². The Morgan fingerprint density at radius 1 is 1.47 bits per heavy atom. The fourth-order valence-electron chi connectivity index (χ4n) is 1.42. The minimum absolute atomic E-state index is 0.506. The van der Waals surface area contributed by atoms with Crippen LogP contribution in [0.25, 0.3) is 0 Å². The van der Waals surface area contributed by atoms with E-state index in [2.05, 4.69) is 15.3 Å².